The molecule has 0 unspecified atom stereocenters. The van der Waals surface area contributed by atoms with Crippen LogP contribution in [0.2, 0.25) is 0 Å². The van der Waals surface area contributed by atoms with Crippen molar-refractivity contribution in [1.82, 2.24) is 25.1 Å². The molecule has 1 aliphatic heterocycles. The predicted molar refractivity (Wildman–Crippen MR) is 121 cm³/mol. The van der Waals surface area contributed by atoms with Gasteiger partial charge in [0.25, 0.3) is 0 Å². The van der Waals surface area contributed by atoms with Crippen LogP contribution < -0.4 is 10.1 Å². The summed E-state index contributed by atoms with van der Waals surface area (Å²) < 4.78 is 7.81. The number of carboxylic acid groups (broad SMARTS) is 1. The fraction of sp³-hybridized carbons (Fsp3) is 0.200. The largest absolute Gasteiger partial charge is 0.468 e. The number of pyridine rings is 1. The van der Waals surface area contributed by atoms with Gasteiger partial charge in [0.1, 0.15) is 12.0 Å². The number of ether oxygens (including phenoxy) is 1. The highest BCUT2D eigenvalue weighted by Gasteiger charge is 2.40. The highest BCUT2D eigenvalue weighted by atomic mass is 16.5. The van der Waals surface area contributed by atoms with Gasteiger partial charge in [-0.1, -0.05) is 54.6 Å². The molecule has 164 valence electrons. The first-order valence-corrected chi connectivity index (χ1v) is 10.9. The van der Waals surface area contributed by atoms with Crippen molar-refractivity contribution >= 4 is 6.09 Å². The Kier molecular flexibility index (Phi) is 4.39. The van der Waals surface area contributed by atoms with E-state index in [1.807, 2.05) is 47.0 Å². The normalized spacial score (nSPS) is 15.5. The molecular formula is C25H21N5O3. The van der Waals surface area contributed by atoms with Gasteiger partial charge in [-0.2, -0.15) is 0 Å². The number of hydrogen-bond acceptors (Lipinski definition) is 5. The van der Waals surface area contributed by atoms with E-state index in [9.17, 15) is 9.90 Å². The van der Waals surface area contributed by atoms with Crippen molar-refractivity contribution < 1.29 is 14.6 Å². The van der Waals surface area contributed by atoms with Crippen LogP contribution in [-0.4, -0.2) is 30.9 Å². The number of amides is 1. The van der Waals surface area contributed by atoms with Crippen LogP contribution in [0, 0.1) is 0 Å². The standard InChI is InChI=1S/C25H21N5O3/c31-24(32)28-25(11-4-12-25)18-9-7-17(8-10-18)22-19(16-5-2-1-3-6-16)13-20-23(27-22)33-14-21-29-26-15-30(20)21/h1-3,5-10,13,15,28H,4,11-12,14H2,(H,31,32). The second-order valence-electron chi connectivity index (χ2n) is 8.42. The number of benzene rings is 2. The minimum Gasteiger partial charge on any atom is -0.468 e. The smallest absolute Gasteiger partial charge is 0.405 e. The van der Waals surface area contributed by atoms with Crippen LogP contribution in [0.4, 0.5) is 4.79 Å². The summed E-state index contributed by atoms with van der Waals surface area (Å²) in [4.78, 5) is 16.2. The molecule has 0 bridgehead atoms. The number of nitrogens with zero attached hydrogens (tertiary/aromatic N) is 4. The van der Waals surface area contributed by atoms with Gasteiger partial charge in [-0.05, 0) is 36.5 Å². The summed E-state index contributed by atoms with van der Waals surface area (Å²) in [5.41, 5.74) is 5.03. The molecule has 2 N–H and O–H groups in total. The molecule has 6 rings (SSSR count). The fourth-order valence-corrected chi connectivity index (χ4v) is 4.68. The topological polar surface area (TPSA) is 102 Å². The van der Waals surface area contributed by atoms with Crippen LogP contribution in [0.5, 0.6) is 5.88 Å². The Labute approximate surface area is 189 Å². The molecule has 0 saturated heterocycles. The van der Waals surface area contributed by atoms with Gasteiger partial charge in [0.05, 0.1) is 11.2 Å². The van der Waals surface area contributed by atoms with Crippen LogP contribution in [-0.2, 0) is 12.1 Å². The molecule has 2 aliphatic rings. The van der Waals surface area contributed by atoms with Crippen molar-refractivity contribution in [2.75, 3.05) is 0 Å². The third-order valence-electron chi connectivity index (χ3n) is 6.53. The predicted octanol–water partition coefficient (Wildman–Crippen LogP) is 4.54. The molecule has 1 aliphatic carbocycles. The van der Waals surface area contributed by atoms with Gasteiger partial charge in [-0.15, -0.1) is 10.2 Å². The number of carbonyl (C=O) groups is 1. The number of fused-ring (bicyclic) bond motifs is 3. The molecule has 0 radical (unpaired) electrons. The maximum atomic E-state index is 11.3. The lowest BCUT2D eigenvalue weighted by molar-refractivity contribution is 0.144. The van der Waals surface area contributed by atoms with Gasteiger partial charge < -0.3 is 15.2 Å². The zero-order valence-electron chi connectivity index (χ0n) is 17.7. The van der Waals surface area contributed by atoms with Crippen molar-refractivity contribution in [3.05, 3.63) is 78.4 Å². The van der Waals surface area contributed by atoms with Gasteiger partial charge in [-0.25, -0.2) is 9.78 Å². The minimum absolute atomic E-state index is 0.312. The van der Waals surface area contributed by atoms with E-state index in [0.29, 0.717) is 12.5 Å². The van der Waals surface area contributed by atoms with Crippen molar-refractivity contribution in [1.29, 1.82) is 0 Å². The van der Waals surface area contributed by atoms with Crippen LogP contribution in [0.1, 0.15) is 30.7 Å². The molecule has 8 heteroatoms. The second-order valence-corrected chi connectivity index (χ2v) is 8.42. The van der Waals surface area contributed by atoms with Crippen molar-refractivity contribution in [3.63, 3.8) is 0 Å². The second kappa shape index (κ2) is 7.44. The average Bonchev–Trinajstić information content (AvgIpc) is 3.31. The van der Waals surface area contributed by atoms with Crippen molar-refractivity contribution in [2.24, 2.45) is 0 Å². The van der Waals surface area contributed by atoms with Crippen LogP contribution >= 0.6 is 0 Å². The summed E-state index contributed by atoms with van der Waals surface area (Å²) in [6.45, 7) is 0.312. The summed E-state index contributed by atoms with van der Waals surface area (Å²) in [6.07, 6.45) is 3.30. The Hall–Kier alpha value is -4.20. The van der Waals surface area contributed by atoms with Gasteiger partial charge in [0.2, 0.25) is 5.88 Å². The Bertz CT molecular complexity index is 1340. The van der Waals surface area contributed by atoms with Crippen LogP contribution in [0.3, 0.4) is 0 Å². The molecule has 4 aromatic rings. The maximum absolute atomic E-state index is 11.3. The highest BCUT2D eigenvalue weighted by Crippen LogP contribution is 2.43. The van der Waals surface area contributed by atoms with E-state index in [1.54, 1.807) is 6.33 Å². The number of hydrogen-bond donors (Lipinski definition) is 2. The van der Waals surface area contributed by atoms with Gasteiger partial charge in [-0.3, -0.25) is 4.57 Å². The molecule has 8 nitrogen and oxygen atoms in total. The van der Waals surface area contributed by atoms with E-state index < -0.39 is 11.6 Å². The molecule has 1 saturated carbocycles. The van der Waals surface area contributed by atoms with Gasteiger partial charge in [0, 0.05) is 11.1 Å². The van der Waals surface area contributed by atoms with E-state index in [4.69, 9.17) is 9.72 Å². The van der Waals surface area contributed by atoms with Crippen LogP contribution in [0.15, 0.2) is 67.0 Å². The molecule has 2 aromatic heterocycles. The molecule has 1 fully saturated rings. The Balaban J connectivity index is 1.47. The fourth-order valence-electron chi connectivity index (χ4n) is 4.68. The molecule has 1 amide bonds. The molecule has 0 spiro atoms. The van der Waals surface area contributed by atoms with E-state index in [-0.39, 0.29) is 0 Å². The third kappa shape index (κ3) is 3.22. The SMILES string of the molecule is O=C(O)NC1(c2ccc(-c3nc4c(cc3-c3ccccc3)-n3cnnc3CO4)cc2)CCC1. The summed E-state index contributed by atoms with van der Waals surface area (Å²) >= 11 is 0. The quantitative estimate of drug-likeness (QED) is 0.484. The lowest BCUT2D eigenvalue weighted by Gasteiger charge is -2.42. The molecular weight excluding hydrogens is 418 g/mol. The van der Waals surface area contributed by atoms with Gasteiger partial charge >= 0.3 is 6.09 Å². The first-order valence-electron chi connectivity index (χ1n) is 10.9. The zero-order chi connectivity index (χ0) is 22.4. The van der Waals surface area contributed by atoms with Gasteiger partial charge in [0.15, 0.2) is 12.4 Å². The summed E-state index contributed by atoms with van der Waals surface area (Å²) in [5.74, 6) is 1.27. The Morgan fingerprint density at radius 3 is 2.55 bits per heavy atom. The Morgan fingerprint density at radius 1 is 1.06 bits per heavy atom. The maximum Gasteiger partial charge on any atom is 0.405 e. The average molecular weight is 439 g/mol. The summed E-state index contributed by atoms with van der Waals surface area (Å²) in [6, 6.07) is 20.2. The zero-order valence-corrected chi connectivity index (χ0v) is 17.7. The highest BCUT2D eigenvalue weighted by molar-refractivity contribution is 5.83. The van der Waals surface area contributed by atoms with E-state index in [2.05, 4.69) is 33.7 Å². The Morgan fingerprint density at radius 2 is 1.85 bits per heavy atom. The molecule has 0 atom stereocenters. The number of nitrogens with one attached hydrogen (secondary N) is 1. The monoisotopic (exact) mass is 439 g/mol. The third-order valence-corrected chi connectivity index (χ3v) is 6.53. The van der Waals surface area contributed by atoms with Crippen LogP contribution in [0.25, 0.3) is 28.1 Å². The molecule has 33 heavy (non-hydrogen) atoms. The van der Waals surface area contributed by atoms with Crippen molar-refractivity contribution in [3.8, 4) is 34.0 Å². The first kappa shape index (κ1) is 19.5. The van der Waals surface area contributed by atoms with E-state index >= 15 is 0 Å². The number of rotatable bonds is 4. The summed E-state index contributed by atoms with van der Waals surface area (Å²) in [5, 5.41) is 20.1. The number of aromatic nitrogens is 4. The minimum atomic E-state index is -0.994. The lowest BCUT2D eigenvalue weighted by atomic mass is 9.71. The summed E-state index contributed by atoms with van der Waals surface area (Å²) in [7, 11) is 0. The first-order chi connectivity index (χ1) is 16.1. The van der Waals surface area contributed by atoms with Crippen molar-refractivity contribution in [2.45, 2.75) is 31.4 Å². The molecule has 2 aromatic carbocycles. The molecule has 3 heterocycles. The lowest BCUT2D eigenvalue weighted by Crippen LogP contribution is -2.50. The van der Waals surface area contributed by atoms with E-state index in [1.165, 1.54) is 0 Å². The van der Waals surface area contributed by atoms with E-state index in [0.717, 1.165) is 58.7 Å².